The van der Waals surface area contributed by atoms with Crippen LogP contribution in [0, 0.1) is 0 Å². The van der Waals surface area contributed by atoms with Gasteiger partial charge in [0.15, 0.2) is 0 Å². The first-order valence-electron chi connectivity index (χ1n) is 12.0. The van der Waals surface area contributed by atoms with Gasteiger partial charge in [0.1, 0.15) is 17.5 Å². The van der Waals surface area contributed by atoms with Crippen LogP contribution in [0.4, 0.5) is 0 Å². The molecule has 2 fully saturated rings. The summed E-state index contributed by atoms with van der Waals surface area (Å²) < 4.78 is 6.18. The molecule has 34 heavy (non-hydrogen) atoms. The summed E-state index contributed by atoms with van der Waals surface area (Å²) >= 11 is 0. The number of piperidine rings is 1. The lowest BCUT2D eigenvalue weighted by atomic mass is 10.0. The Balaban J connectivity index is 1.24. The van der Waals surface area contributed by atoms with Crippen LogP contribution >= 0.6 is 0 Å². The van der Waals surface area contributed by atoms with E-state index in [9.17, 15) is 9.59 Å². The zero-order chi connectivity index (χ0) is 23.5. The minimum atomic E-state index is -0.215. The molecular weight excluding hydrogens is 428 g/mol. The van der Waals surface area contributed by atoms with Gasteiger partial charge in [0.25, 0.3) is 5.91 Å². The highest BCUT2D eigenvalue weighted by molar-refractivity contribution is 5.95. The number of likely N-dealkylation sites (tertiary alicyclic amines) is 2. The van der Waals surface area contributed by atoms with E-state index in [1.807, 2.05) is 71.6 Å². The molecule has 5 rings (SSSR count). The van der Waals surface area contributed by atoms with E-state index in [-0.39, 0.29) is 30.0 Å². The van der Waals surface area contributed by atoms with Crippen LogP contribution in [-0.4, -0.2) is 71.5 Å². The van der Waals surface area contributed by atoms with E-state index in [2.05, 4.69) is 15.2 Å². The Morgan fingerprint density at radius 3 is 2.47 bits per heavy atom. The second-order valence-electron chi connectivity index (χ2n) is 9.03. The summed E-state index contributed by atoms with van der Waals surface area (Å²) in [6.45, 7) is 2.01. The van der Waals surface area contributed by atoms with Gasteiger partial charge in [0, 0.05) is 44.5 Å². The van der Waals surface area contributed by atoms with Crippen LogP contribution in [0.2, 0.25) is 0 Å². The smallest absolute Gasteiger partial charge is 0.272 e. The first kappa shape index (κ1) is 22.3. The molecule has 2 saturated heterocycles. The van der Waals surface area contributed by atoms with E-state index in [1.165, 1.54) is 0 Å². The Bertz CT molecular complexity index is 1160. The van der Waals surface area contributed by atoms with Crippen molar-refractivity contribution in [1.29, 1.82) is 0 Å². The predicted octanol–water partition coefficient (Wildman–Crippen LogP) is 3.11. The van der Waals surface area contributed by atoms with Gasteiger partial charge in [-0.2, -0.15) is 0 Å². The Morgan fingerprint density at radius 2 is 1.71 bits per heavy atom. The number of benzene rings is 2. The van der Waals surface area contributed by atoms with Crippen molar-refractivity contribution in [2.75, 3.05) is 26.7 Å². The van der Waals surface area contributed by atoms with Crippen LogP contribution in [0.5, 0.6) is 5.75 Å². The molecule has 2 atom stereocenters. The lowest BCUT2D eigenvalue weighted by Crippen LogP contribution is -2.51. The molecule has 2 aromatic carbocycles. The third kappa shape index (κ3) is 4.61. The van der Waals surface area contributed by atoms with Gasteiger partial charge < -0.3 is 15.0 Å². The van der Waals surface area contributed by atoms with Crippen LogP contribution in [0.15, 0.2) is 66.7 Å². The average Bonchev–Trinajstić information content (AvgIpc) is 3.32. The second kappa shape index (κ2) is 9.81. The van der Waals surface area contributed by atoms with E-state index < -0.39 is 0 Å². The molecule has 1 aromatic heterocycles. The highest BCUT2D eigenvalue weighted by Crippen LogP contribution is 2.29. The highest BCUT2D eigenvalue weighted by Gasteiger charge is 2.42. The van der Waals surface area contributed by atoms with E-state index in [1.54, 1.807) is 7.05 Å². The van der Waals surface area contributed by atoms with Crippen molar-refractivity contribution < 1.29 is 14.3 Å². The topological polar surface area (TPSA) is 74.8 Å². The molecule has 0 saturated carbocycles. The quantitative estimate of drug-likeness (QED) is 0.636. The van der Waals surface area contributed by atoms with Crippen LogP contribution in [-0.2, 0) is 4.79 Å². The van der Waals surface area contributed by atoms with Crippen LogP contribution in [0.25, 0.3) is 10.9 Å². The normalized spacial score (nSPS) is 21.5. The Kier molecular flexibility index (Phi) is 6.45. The summed E-state index contributed by atoms with van der Waals surface area (Å²) in [5.41, 5.74) is 1.32. The summed E-state index contributed by atoms with van der Waals surface area (Å²) in [7, 11) is 1.68. The van der Waals surface area contributed by atoms with Crippen molar-refractivity contribution in [1.82, 2.24) is 20.1 Å². The summed E-state index contributed by atoms with van der Waals surface area (Å²) in [6.07, 6.45) is 2.27. The number of likely N-dealkylation sites (N-methyl/N-ethyl adjacent to an activating group) is 1. The van der Waals surface area contributed by atoms with Crippen LogP contribution in [0.3, 0.4) is 0 Å². The van der Waals surface area contributed by atoms with Gasteiger partial charge in [-0.25, -0.2) is 4.98 Å². The van der Waals surface area contributed by atoms with E-state index >= 15 is 0 Å². The Hall–Kier alpha value is -3.45. The number of rotatable bonds is 5. The maximum atomic E-state index is 13.1. The Labute approximate surface area is 199 Å². The number of carbonyl (C=O) groups is 2. The fraction of sp³-hybridized carbons (Fsp3) is 0.370. The maximum Gasteiger partial charge on any atom is 0.272 e. The van der Waals surface area contributed by atoms with Gasteiger partial charge in [0.2, 0.25) is 5.91 Å². The van der Waals surface area contributed by atoms with Crippen LogP contribution < -0.4 is 10.1 Å². The maximum absolute atomic E-state index is 13.1. The van der Waals surface area contributed by atoms with Gasteiger partial charge in [0.05, 0.1) is 11.6 Å². The molecule has 0 unspecified atom stereocenters. The third-order valence-corrected chi connectivity index (χ3v) is 6.93. The number of hydrogen-bond acceptors (Lipinski definition) is 5. The Morgan fingerprint density at radius 1 is 0.971 bits per heavy atom. The number of ether oxygens (including phenoxy) is 1. The molecule has 3 heterocycles. The fourth-order valence-corrected chi connectivity index (χ4v) is 5.17. The number of para-hydroxylation sites is 2. The van der Waals surface area contributed by atoms with Gasteiger partial charge in [-0.1, -0.05) is 42.5 Å². The number of pyridine rings is 1. The summed E-state index contributed by atoms with van der Waals surface area (Å²) in [6, 6.07) is 21.4. The van der Waals surface area contributed by atoms with Crippen molar-refractivity contribution in [3.8, 4) is 5.75 Å². The van der Waals surface area contributed by atoms with Gasteiger partial charge in [-0.15, -0.1) is 0 Å². The van der Waals surface area contributed by atoms with Crippen LogP contribution in [0.1, 0.15) is 29.8 Å². The second-order valence-corrected chi connectivity index (χ2v) is 9.03. The average molecular weight is 459 g/mol. The minimum absolute atomic E-state index is 0.0260. The molecule has 2 amide bonds. The van der Waals surface area contributed by atoms with Crippen molar-refractivity contribution in [3.63, 3.8) is 0 Å². The lowest BCUT2D eigenvalue weighted by Gasteiger charge is -2.38. The number of nitrogens with one attached hydrogen (secondary N) is 1. The van der Waals surface area contributed by atoms with Gasteiger partial charge >= 0.3 is 0 Å². The number of hydrogen-bond donors (Lipinski definition) is 1. The molecule has 3 aromatic rings. The predicted molar refractivity (Wildman–Crippen MR) is 131 cm³/mol. The molecule has 0 aliphatic carbocycles. The summed E-state index contributed by atoms with van der Waals surface area (Å²) in [5.74, 6) is 0.824. The SMILES string of the molecule is CNC(=O)[C@@H]1C[C@H](Oc2ccccc2)CN1C1CCN(C(=O)c2ccc3ccccc3n2)CC1. The molecule has 2 aliphatic rings. The van der Waals surface area contributed by atoms with E-state index in [0.717, 1.165) is 29.5 Å². The van der Waals surface area contributed by atoms with Crippen molar-refractivity contribution in [2.24, 2.45) is 0 Å². The van der Waals surface area contributed by atoms with Gasteiger partial charge in [-0.05, 0) is 37.1 Å². The molecule has 7 heteroatoms. The van der Waals surface area contributed by atoms with Crippen molar-refractivity contribution in [3.05, 3.63) is 72.4 Å². The third-order valence-electron chi connectivity index (χ3n) is 6.93. The molecule has 7 nitrogen and oxygen atoms in total. The molecule has 176 valence electrons. The standard InChI is InChI=1S/C27H30N4O3/c1-28-26(32)25-17-22(34-21-8-3-2-4-9-21)18-31(25)20-13-15-30(16-14-20)27(33)24-12-11-19-7-5-6-10-23(19)29-24/h2-12,20,22,25H,13-18H2,1H3,(H,28,32)/t22-,25-/m0/s1. The zero-order valence-electron chi connectivity index (χ0n) is 19.4. The molecule has 1 N–H and O–H groups in total. The molecular formula is C27H30N4O3. The lowest BCUT2D eigenvalue weighted by molar-refractivity contribution is -0.126. The highest BCUT2D eigenvalue weighted by atomic mass is 16.5. The minimum Gasteiger partial charge on any atom is -0.489 e. The summed E-state index contributed by atoms with van der Waals surface area (Å²) in [4.78, 5) is 34.5. The first-order valence-corrected chi connectivity index (χ1v) is 12.0. The number of aromatic nitrogens is 1. The van der Waals surface area contributed by atoms with E-state index in [4.69, 9.17) is 4.74 Å². The molecule has 2 aliphatic heterocycles. The largest absolute Gasteiger partial charge is 0.489 e. The molecule has 0 spiro atoms. The number of amides is 2. The molecule has 0 bridgehead atoms. The monoisotopic (exact) mass is 458 g/mol. The number of nitrogens with zero attached hydrogens (tertiary/aromatic N) is 3. The summed E-state index contributed by atoms with van der Waals surface area (Å²) in [5, 5.41) is 3.84. The number of fused-ring (bicyclic) bond motifs is 1. The number of carbonyl (C=O) groups excluding carboxylic acids is 2. The molecule has 0 radical (unpaired) electrons. The van der Waals surface area contributed by atoms with Crippen molar-refractivity contribution in [2.45, 2.75) is 37.5 Å². The van der Waals surface area contributed by atoms with Crippen molar-refractivity contribution >= 4 is 22.7 Å². The van der Waals surface area contributed by atoms with Gasteiger partial charge in [-0.3, -0.25) is 14.5 Å². The van der Waals surface area contributed by atoms with E-state index in [0.29, 0.717) is 31.7 Å². The first-order chi connectivity index (χ1) is 16.6. The fourth-order valence-electron chi connectivity index (χ4n) is 5.17. The zero-order valence-corrected chi connectivity index (χ0v) is 19.4.